The number of thiophene rings is 1. The van der Waals surface area contributed by atoms with Crippen LogP contribution in [0.4, 0.5) is 5.00 Å². The Balaban J connectivity index is 1.36. The Hall–Kier alpha value is -3.68. The fourth-order valence-corrected chi connectivity index (χ4v) is 6.99. The van der Waals surface area contributed by atoms with Crippen molar-refractivity contribution < 1.29 is 0 Å². The summed E-state index contributed by atoms with van der Waals surface area (Å²) in [6, 6.07) is 26.1. The second kappa shape index (κ2) is 9.32. The number of hydrogen-bond acceptors (Lipinski definition) is 3. The molecule has 1 atom stereocenters. The molecule has 4 heteroatoms. The molecule has 0 aliphatic heterocycles. The van der Waals surface area contributed by atoms with E-state index < -0.39 is 0 Å². The minimum Gasteiger partial charge on any atom is -0.342 e. The summed E-state index contributed by atoms with van der Waals surface area (Å²) in [6.07, 6.45) is 7.34. The van der Waals surface area contributed by atoms with Crippen LogP contribution < -0.4 is 0 Å². The van der Waals surface area contributed by atoms with Gasteiger partial charge in [-0.05, 0) is 58.6 Å². The van der Waals surface area contributed by atoms with E-state index in [9.17, 15) is 5.26 Å². The Kier molecular flexibility index (Phi) is 5.97. The monoisotopic (exact) mass is 501 g/mol. The van der Waals surface area contributed by atoms with Crippen molar-refractivity contribution in [1.82, 2.24) is 4.57 Å². The molecule has 2 aromatic heterocycles. The molecule has 1 aliphatic carbocycles. The molecule has 37 heavy (non-hydrogen) atoms. The molecule has 0 amide bonds. The average molecular weight is 502 g/mol. The molecule has 0 radical (unpaired) electrons. The zero-order chi connectivity index (χ0) is 25.6. The molecule has 1 aliphatic rings. The van der Waals surface area contributed by atoms with Crippen molar-refractivity contribution >= 4 is 44.2 Å². The first-order chi connectivity index (χ1) is 17.9. The van der Waals surface area contributed by atoms with Crippen molar-refractivity contribution in [2.45, 2.75) is 46.6 Å². The molecular weight excluding hydrogens is 470 g/mol. The Labute approximate surface area is 222 Å². The van der Waals surface area contributed by atoms with E-state index in [4.69, 9.17) is 4.99 Å². The number of nitrogens with zero attached hydrogens (tertiary/aromatic N) is 3. The van der Waals surface area contributed by atoms with Crippen molar-refractivity contribution in [3.05, 3.63) is 100 Å². The molecule has 0 saturated heterocycles. The summed E-state index contributed by atoms with van der Waals surface area (Å²) in [7, 11) is 0. The molecule has 2 heterocycles. The quantitative estimate of drug-likeness (QED) is 0.227. The third kappa shape index (κ3) is 4.38. The molecular formula is C33H31N3S. The minimum absolute atomic E-state index is 0.282. The summed E-state index contributed by atoms with van der Waals surface area (Å²) in [6.45, 7) is 7.78. The third-order valence-corrected chi connectivity index (χ3v) is 9.11. The van der Waals surface area contributed by atoms with E-state index in [1.807, 2.05) is 6.21 Å². The fraction of sp³-hybridized carbons (Fsp3) is 0.273. The summed E-state index contributed by atoms with van der Waals surface area (Å²) < 4.78 is 2.32. The van der Waals surface area contributed by atoms with Gasteiger partial charge in [0.1, 0.15) is 11.1 Å². The van der Waals surface area contributed by atoms with Crippen LogP contribution in [-0.4, -0.2) is 10.8 Å². The standard InChI is InChI=1S/C33H31N3S/c1-33(2,3)25-15-16-28-29(18-34)32(37-31(28)17-25)35-19-24-21-36(30-14-7-6-13-27(24)30)20-23-11-8-10-22-9-4-5-12-26(22)23/h4-14,19,21,25H,15-17,20H2,1-3H3/t25-/m1/s1. The summed E-state index contributed by atoms with van der Waals surface area (Å²) in [5.74, 6) is 0.647. The highest BCUT2D eigenvalue weighted by Gasteiger charge is 2.32. The molecule has 5 aromatic rings. The highest BCUT2D eigenvalue weighted by Crippen LogP contribution is 2.45. The number of hydrogen-bond donors (Lipinski definition) is 0. The maximum atomic E-state index is 9.99. The van der Waals surface area contributed by atoms with Gasteiger partial charge in [-0.15, -0.1) is 11.3 Å². The van der Waals surface area contributed by atoms with Gasteiger partial charge in [0.15, 0.2) is 0 Å². The number of fused-ring (bicyclic) bond motifs is 3. The van der Waals surface area contributed by atoms with E-state index in [0.29, 0.717) is 5.92 Å². The largest absolute Gasteiger partial charge is 0.342 e. The summed E-state index contributed by atoms with van der Waals surface area (Å²) in [5, 5.41) is 14.6. The fourth-order valence-electron chi connectivity index (χ4n) is 5.77. The molecule has 3 nitrogen and oxygen atoms in total. The molecule has 0 spiro atoms. The van der Waals surface area contributed by atoms with Gasteiger partial charge < -0.3 is 4.57 Å². The van der Waals surface area contributed by atoms with Crippen LogP contribution in [-0.2, 0) is 19.4 Å². The van der Waals surface area contributed by atoms with Crippen LogP contribution in [0.3, 0.4) is 0 Å². The van der Waals surface area contributed by atoms with Crippen LogP contribution in [0.15, 0.2) is 77.9 Å². The highest BCUT2D eigenvalue weighted by molar-refractivity contribution is 7.16. The number of aromatic nitrogens is 1. The van der Waals surface area contributed by atoms with Crippen molar-refractivity contribution in [3.63, 3.8) is 0 Å². The van der Waals surface area contributed by atoms with Gasteiger partial charge >= 0.3 is 0 Å². The van der Waals surface area contributed by atoms with Gasteiger partial charge in [-0.25, -0.2) is 4.99 Å². The second-order valence-electron chi connectivity index (χ2n) is 11.2. The lowest BCUT2D eigenvalue weighted by Gasteiger charge is -2.33. The van der Waals surface area contributed by atoms with Gasteiger partial charge in [0.05, 0.1) is 5.56 Å². The second-order valence-corrected chi connectivity index (χ2v) is 12.3. The minimum atomic E-state index is 0.282. The molecule has 0 bridgehead atoms. The lowest BCUT2D eigenvalue weighted by atomic mass is 9.72. The van der Waals surface area contributed by atoms with Crippen molar-refractivity contribution in [1.29, 1.82) is 5.26 Å². The molecule has 0 N–H and O–H groups in total. The predicted octanol–water partition coefficient (Wildman–Crippen LogP) is 8.68. The molecule has 3 aromatic carbocycles. The van der Waals surface area contributed by atoms with Gasteiger partial charge in [-0.1, -0.05) is 81.4 Å². The van der Waals surface area contributed by atoms with E-state index in [-0.39, 0.29) is 5.41 Å². The normalized spacial score (nSPS) is 15.9. The van der Waals surface area contributed by atoms with Gasteiger partial charge in [0.2, 0.25) is 0 Å². The van der Waals surface area contributed by atoms with Crippen molar-refractivity contribution in [2.75, 3.05) is 0 Å². The molecule has 184 valence electrons. The van der Waals surface area contributed by atoms with Gasteiger partial charge in [0, 0.05) is 40.3 Å². The smallest absolute Gasteiger partial charge is 0.134 e. The first-order valence-electron chi connectivity index (χ1n) is 13.1. The Bertz CT molecular complexity index is 1680. The number of nitriles is 1. The molecule has 0 unspecified atom stereocenters. The first kappa shape index (κ1) is 23.7. The molecule has 0 saturated carbocycles. The average Bonchev–Trinajstić information content (AvgIpc) is 3.44. The number of aliphatic imine (C=N–C) groups is 1. The van der Waals surface area contributed by atoms with E-state index in [1.54, 1.807) is 11.3 Å². The third-order valence-electron chi connectivity index (χ3n) is 7.94. The lowest BCUT2D eigenvalue weighted by molar-refractivity contribution is 0.218. The summed E-state index contributed by atoms with van der Waals surface area (Å²) in [5.41, 5.74) is 5.87. The van der Waals surface area contributed by atoms with Crippen molar-refractivity contribution in [3.8, 4) is 6.07 Å². The summed E-state index contributed by atoms with van der Waals surface area (Å²) in [4.78, 5) is 6.27. The number of benzene rings is 3. The van der Waals surface area contributed by atoms with E-state index in [0.717, 1.165) is 41.9 Å². The van der Waals surface area contributed by atoms with E-state index in [2.05, 4.69) is 104 Å². The van der Waals surface area contributed by atoms with E-state index in [1.165, 1.54) is 37.7 Å². The van der Waals surface area contributed by atoms with Crippen LogP contribution in [0.1, 0.15) is 54.3 Å². The highest BCUT2D eigenvalue weighted by atomic mass is 32.1. The maximum Gasteiger partial charge on any atom is 0.134 e. The topological polar surface area (TPSA) is 41.1 Å². The zero-order valence-electron chi connectivity index (χ0n) is 21.7. The summed E-state index contributed by atoms with van der Waals surface area (Å²) >= 11 is 1.71. The van der Waals surface area contributed by atoms with Crippen LogP contribution in [0.5, 0.6) is 0 Å². The van der Waals surface area contributed by atoms with Crippen LogP contribution in [0, 0.1) is 22.7 Å². The van der Waals surface area contributed by atoms with Gasteiger partial charge in [-0.3, -0.25) is 0 Å². The SMILES string of the molecule is CC(C)(C)[C@@H]1CCc2c(sc(N=Cc3cn(Cc4cccc5ccccc45)c4ccccc34)c2C#N)C1. The number of rotatable bonds is 4. The predicted molar refractivity (Wildman–Crippen MR) is 156 cm³/mol. The van der Waals surface area contributed by atoms with Gasteiger partial charge in [0.25, 0.3) is 0 Å². The van der Waals surface area contributed by atoms with Gasteiger partial charge in [-0.2, -0.15) is 5.26 Å². The molecule has 6 rings (SSSR count). The Morgan fingerprint density at radius 1 is 1.03 bits per heavy atom. The Morgan fingerprint density at radius 3 is 2.59 bits per heavy atom. The zero-order valence-corrected chi connectivity index (χ0v) is 22.5. The van der Waals surface area contributed by atoms with Crippen molar-refractivity contribution in [2.24, 2.45) is 16.3 Å². The van der Waals surface area contributed by atoms with E-state index >= 15 is 0 Å². The first-order valence-corrected chi connectivity index (χ1v) is 13.9. The Morgan fingerprint density at radius 2 is 1.78 bits per heavy atom. The van der Waals surface area contributed by atoms with Crippen LogP contribution >= 0.6 is 11.3 Å². The van der Waals surface area contributed by atoms with Crippen LogP contribution in [0.2, 0.25) is 0 Å². The lowest BCUT2D eigenvalue weighted by Crippen LogP contribution is -2.26. The maximum absolute atomic E-state index is 9.99. The van der Waals surface area contributed by atoms with Crippen LogP contribution in [0.25, 0.3) is 21.7 Å². The number of para-hydroxylation sites is 1. The molecule has 0 fully saturated rings.